The lowest BCUT2D eigenvalue weighted by molar-refractivity contribution is -0.138. The van der Waals surface area contributed by atoms with Gasteiger partial charge in [-0.1, -0.05) is 26.0 Å². The molecule has 1 atom stereocenters. The van der Waals surface area contributed by atoms with E-state index in [-0.39, 0.29) is 29.0 Å². The number of carbonyl (C=O) groups excluding carboxylic acids is 1. The van der Waals surface area contributed by atoms with Crippen molar-refractivity contribution in [3.63, 3.8) is 0 Å². The molecule has 1 saturated carbocycles. The number of fused-ring (bicyclic) bond motifs is 1. The molecule has 0 spiro atoms. The fourth-order valence-electron chi connectivity index (χ4n) is 7.07. The topological polar surface area (TPSA) is 54.3 Å². The maximum Gasteiger partial charge on any atom is 0.416 e. The highest BCUT2D eigenvalue weighted by atomic mass is 19.4. The number of aromatic nitrogens is 3. The van der Waals surface area contributed by atoms with Crippen molar-refractivity contribution in [3.8, 4) is 0 Å². The average Bonchev–Trinajstić information content (AvgIpc) is 3.44. The summed E-state index contributed by atoms with van der Waals surface area (Å²) in [6.07, 6.45) is 1.12. The zero-order valence-corrected chi connectivity index (χ0v) is 22.6. The Kier molecular flexibility index (Phi) is 6.32. The summed E-state index contributed by atoms with van der Waals surface area (Å²) >= 11 is 0. The van der Waals surface area contributed by atoms with Gasteiger partial charge in [0.05, 0.1) is 17.5 Å². The average molecular weight is 538 g/mol. The minimum Gasteiger partial charge on any atom is -0.320 e. The van der Waals surface area contributed by atoms with Crippen LogP contribution in [-0.2, 0) is 31.7 Å². The number of hydrogen-bond acceptors (Lipinski definition) is 4. The smallest absolute Gasteiger partial charge is 0.320 e. The Morgan fingerprint density at radius 3 is 2.56 bits per heavy atom. The standard InChI is InChI=1S/C30H34F3N5O/c1-19-6-5-9-37(15-19)16-21-10-24-25(26(11-21)30(31,32)33)17-38(27(24)39)23-8-4-7-22(12-23)29(13-20(2)14-29)28-35-34-18-36(28)3/h4,7-8,10-12,18-20H,5-6,9,13-17H2,1-3H3/t19-,20-,29+/m0/s1. The van der Waals surface area contributed by atoms with E-state index in [1.807, 2.05) is 35.9 Å². The molecule has 39 heavy (non-hydrogen) atoms. The molecular weight excluding hydrogens is 503 g/mol. The predicted octanol–water partition coefficient (Wildman–Crippen LogP) is 5.94. The van der Waals surface area contributed by atoms with Gasteiger partial charge in [-0.2, -0.15) is 13.2 Å². The van der Waals surface area contributed by atoms with E-state index >= 15 is 0 Å². The number of carbonyl (C=O) groups is 1. The summed E-state index contributed by atoms with van der Waals surface area (Å²) < 4.78 is 44.7. The van der Waals surface area contributed by atoms with Gasteiger partial charge in [0.25, 0.3) is 5.91 Å². The Labute approximate surface area is 226 Å². The lowest BCUT2D eigenvalue weighted by Crippen LogP contribution is -2.43. The van der Waals surface area contributed by atoms with Gasteiger partial charge in [0.2, 0.25) is 0 Å². The Hall–Kier alpha value is -3.20. The van der Waals surface area contributed by atoms with Crippen molar-refractivity contribution < 1.29 is 18.0 Å². The van der Waals surface area contributed by atoms with Crippen molar-refractivity contribution in [2.75, 3.05) is 18.0 Å². The van der Waals surface area contributed by atoms with Gasteiger partial charge in [-0.05, 0) is 85.0 Å². The summed E-state index contributed by atoms with van der Waals surface area (Å²) in [5.74, 6) is 1.52. The van der Waals surface area contributed by atoms with Gasteiger partial charge < -0.3 is 9.47 Å². The second-order valence-electron chi connectivity index (χ2n) is 12.0. The van der Waals surface area contributed by atoms with Gasteiger partial charge >= 0.3 is 6.18 Å². The van der Waals surface area contributed by atoms with Crippen molar-refractivity contribution >= 4 is 11.6 Å². The molecule has 2 fully saturated rings. The van der Waals surface area contributed by atoms with Gasteiger partial charge in [-0.15, -0.1) is 10.2 Å². The van der Waals surface area contributed by atoms with Crippen molar-refractivity contribution in [2.24, 2.45) is 18.9 Å². The Morgan fingerprint density at radius 2 is 1.90 bits per heavy atom. The number of alkyl halides is 3. The molecule has 3 aromatic rings. The zero-order chi connectivity index (χ0) is 27.5. The van der Waals surface area contributed by atoms with Crippen LogP contribution in [0.1, 0.15) is 78.0 Å². The van der Waals surface area contributed by atoms with E-state index in [4.69, 9.17) is 0 Å². The lowest BCUT2D eigenvalue weighted by atomic mass is 9.58. The van der Waals surface area contributed by atoms with Crippen LogP contribution in [-0.4, -0.2) is 38.7 Å². The van der Waals surface area contributed by atoms with E-state index in [0.717, 1.165) is 50.2 Å². The minimum atomic E-state index is -4.54. The van der Waals surface area contributed by atoms with Crippen LogP contribution < -0.4 is 4.90 Å². The third-order valence-electron chi connectivity index (χ3n) is 8.80. The number of anilines is 1. The van der Waals surface area contributed by atoms with Crippen LogP contribution >= 0.6 is 0 Å². The first-order valence-corrected chi connectivity index (χ1v) is 13.8. The third kappa shape index (κ3) is 4.54. The van der Waals surface area contributed by atoms with E-state index < -0.39 is 11.7 Å². The van der Waals surface area contributed by atoms with Crippen LogP contribution in [0.25, 0.3) is 0 Å². The van der Waals surface area contributed by atoms with Gasteiger partial charge in [0.1, 0.15) is 12.2 Å². The van der Waals surface area contributed by atoms with Crippen molar-refractivity contribution in [1.29, 1.82) is 0 Å². The first-order chi connectivity index (χ1) is 18.5. The van der Waals surface area contributed by atoms with Gasteiger partial charge in [-0.3, -0.25) is 9.69 Å². The van der Waals surface area contributed by atoms with Crippen molar-refractivity contribution in [2.45, 2.75) is 64.2 Å². The molecule has 206 valence electrons. The lowest BCUT2D eigenvalue weighted by Gasteiger charge is -2.46. The molecule has 0 unspecified atom stereocenters. The molecule has 0 N–H and O–H groups in total. The summed E-state index contributed by atoms with van der Waals surface area (Å²) in [6, 6.07) is 10.6. The van der Waals surface area contributed by atoms with Crippen LogP contribution in [0.5, 0.6) is 0 Å². The number of nitrogens with zero attached hydrogens (tertiary/aromatic N) is 5. The predicted molar refractivity (Wildman–Crippen MR) is 142 cm³/mol. The summed E-state index contributed by atoms with van der Waals surface area (Å²) in [6.45, 7) is 6.41. The summed E-state index contributed by atoms with van der Waals surface area (Å²) in [7, 11) is 1.92. The minimum absolute atomic E-state index is 0.0638. The fourth-order valence-corrected chi connectivity index (χ4v) is 7.07. The van der Waals surface area contributed by atoms with Gasteiger partial charge in [0, 0.05) is 31.4 Å². The summed E-state index contributed by atoms with van der Waals surface area (Å²) in [5, 5.41) is 8.48. The molecule has 2 aromatic carbocycles. The number of hydrogen-bond donors (Lipinski definition) is 0. The van der Waals surface area contributed by atoms with Crippen LogP contribution in [0.3, 0.4) is 0 Å². The molecule has 3 heterocycles. The quantitative estimate of drug-likeness (QED) is 0.404. The Morgan fingerprint density at radius 1 is 1.10 bits per heavy atom. The SMILES string of the molecule is C[C@H]1CCCN(Cc2cc3c(c(C(F)(F)F)c2)CN(c2cccc([C@]4(c5nncn5C)C[C@@H](C)C4)c2)C3=O)C1. The maximum atomic E-state index is 14.3. The first kappa shape index (κ1) is 26.0. The molecule has 6 nitrogen and oxygen atoms in total. The molecule has 1 aromatic heterocycles. The molecule has 9 heteroatoms. The number of likely N-dealkylation sites (tertiary alicyclic amines) is 1. The van der Waals surface area contributed by atoms with E-state index in [0.29, 0.717) is 29.6 Å². The molecular formula is C30H34F3N5O. The highest BCUT2D eigenvalue weighted by molar-refractivity contribution is 6.10. The van der Waals surface area contributed by atoms with Crippen LogP contribution in [0.4, 0.5) is 18.9 Å². The summed E-state index contributed by atoms with van der Waals surface area (Å²) in [4.78, 5) is 17.4. The van der Waals surface area contributed by atoms with E-state index in [9.17, 15) is 18.0 Å². The Balaban J connectivity index is 1.34. The maximum absolute atomic E-state index is 14.3. The van der Waals surface area contributed by atoms with Gasteiger partial charge in [-0.25, -0.2) is 0 Å². The third-order valence-corrected chi connectivity index (χ3v) is 8.80. The van der Waals surface area contributed by atoms with Crippen molar-refractivity contribution in [1.82, 2.24) is 19.7 Å². The second kappa shape index (κ2) is 9.47. The number of amides is 1. The molecule has 1 amide bonds. The van der Waals surface area contributed by atoms with Crippen molar-refractivity contribution in [3.05, 3.63) is 76.4 Å². The largest absolute Gasteiger partial charge is 0.416 e. The second-order valence-corrected chi connectivity index (χ2v) is 12.0. The molecule has 3 aliphatic rings. The van der Waals surface area contributed by atoms with E-state index in [1.54, 1.807) is 12.4 Å². The molecule has 1 aliphatic carbocycles. The number of rotatable bonds is 5. The van der Waals surface area contributed by atoms with E-state index in [1.165, 1.54) is 11.0 Å². The Bertz CT molecular complexity index is 1410. The zero-order valence-electron chi connectivity index (χ0n) is 22.6. The van der Waals surface area contributed by atoms with E-state index in [2.05, 4.69) is 28.9 Å². The molecule has 0 radical (unpaired) electrons. The van der Waals surface area contributed by atoms with Gasteiger partial charge in [0.15, 0.2) is 0 Å². The van der Waals surface area contributed by atoms with Crippen LogP contribution in [0.2, 0.25) is 0 Å². The first-order valence-electron chi connectivity index (χ1n) is 13.8. The molecule has 6 rings (SSSR count). The van der Waals surface area contributed by atoms with Crippen LogP contribution in [0.15, 0.2) is 42.7 Å². The normalized spacial score (nSPS) is 25.6. The number of piperidine rings is 1. The number of benzene rings is 2. The highest BCUT2D eigenvalue weighted by Gasteiger charge is 2.48. The summed E-state index contributed by atoms with van der Waals surface area (Å²) in [5.41, 5.74) is 1.36. The fraction of sp³-hybridized carbons (Fsp3) is 0.500. The highest BCUT2D eigenvalue weighted by Crippen LogP contribution is 2.52. The molecule has 0 bridgehead atoms. The number of halogens is 3. The molecule has 1 saturated heterocycles. The number of aryl methyl sites for hydroxylation is 1. The van der Waals surface area contributed by atoms with Crippen LogP contribution in [0, 0.1) is 11.8 Å². The molecule has 2 aliphatic heterocycles. The monoisotopic (exact) mass is 537 g/mol.